The number of nitrogens with zero attached hydrogens (tertiary/aromatic N) is 3. The lowest BCUT2D eigenvalue weighted by atomic mass is 10.2. The summed E-state index contributed by atoms with van der Waals surface area (Å²) in [5, 5.41) is 4.40. The van der Waals surface area contributed by atoms with E-state index in [0.717, 1.165) is 22.8 Å². The second kappa shape index (κ2) is 4.06. The highest BCUT2D eigenvalue weighted by Gasteiger charge is 2.05. The zero-order valence-corrected chi connectivity index (χ0v) is 9.81. The fraction of sp³-hybridized carbons (Fsp3) is 0.333. The molecule has 0 saturated carbocycles. The molecule has 0 radical (unpaired) electrons. The van der Waals surface area contributed by atoms with Gasteiger partial charge in [-0.25, -0.2) is 4.68 Å². The average Bonchev–Trinajstić information content (AvgIpc) is 2.58. The van der Waals surface area contributed by atoms with Crippen molar-refractivity contribution in [2.75, 3.05) is 0 Å². The van der Waals surface area contributed by atoms with Crippen molar-refractivity contribution in [2.45, 2.75) is 26.8 Å². The molecule has 84 valence electrons. The number of hydrogen-bond acceptors (Lipinski definition) is 3. The van der Waals surface area contributed by atoms with E-state index in [9.17, 15) is 0 Å². The monoisotopic (exact) mass is 216 g/mol. The maximum absolute atomic E-state index is 5.75. The summed E-state index contributed by atoms with van der Waals surface area (Å²) >= 11 is 0. The predicted octanol–water partition coefficient (Wildman–Crippen LogP) is 1.90. The van der Waals surface area contributed by atoms with Crippen LogP contribution in [0.3, 0.4) is 0 Å². The average molecular weight is 216 g/mol. The SMILES string of the molecule is Cc1cc(C)n(-c2ccc([C@H](C)N)nc2)n1. The fourth-order valence-corrected chi connectivity index (χ4v) is 1.68. The van der Waals surface area contributed by atoms with Crippen LogP contribution < -0.4 is 5.73 Å². The Kier molecular flexibility index (Phi) is 2.75. The van der Waals surface area contributed by atoms with Crippen LogP contribution in [0.15, 0.2) is 24.4 Å². The van der Waals surface area contributed by atoms with Crippen molar-refractivity contribution in [3.8, 4) is 5.69 Å². The zero-order valence-electron chi connectivity index (χ0n) is 9.81. The van der Waals surface area contributed by atoms with Crippen molar-refractivity contribution in [3.63, 3.8) is 0 Å². The molecule has 1 atom stereocenters. The molecule has 2 aromatic heterocycles. The third-order valence-corrected chi connectivity index (χ3v) is 2.49. The minimum absolute atomic E-state index is 0.0329. The Labute approximate surface area is 95.1 Å². The molecule has 0 aliphatic rings. The maximum atomic E-state index is 5.75. The summed E-state index contributed by atoms with van der Waals surface area (Å²) in [7, 11) is 0. The van der Waals surface area contributed by atoms with Crippen molar-refractivity contribution in [2.24, 2.45) is 5.73 Å². The van der Waals surface area contributed by atoms with E-state index in [1.165, 1.54) is 0 Å². The number of aryl methyl sites for hydroxylation is 2. The number of pyridine rings is 1. The summed E-state index contributed by atoms with van der Waals surface area (Å²) in [4.78, 5) is 4.32. The van der Waals surface area contributed by atoms with Crippen molar-refractivity contribution in [1.29, 1.82) is 0 Å². The summed E-state index contributed by atoms with van der Waals surface area (Å²) in [6.07, 6.45) is 1.80. The first-order valence-corrected chi connectivity index (χ1v) is 5.33. The van der Waals surface area contributed by atoms with Gasteiger partial charge in [-0.1, -0.05) is 0 Å². The van der Waals surface area contributed by atoms with Gasteiger partial charge < -0.3 is 5.73 Å². The molecule has 2 heterocycles. The van der Waals surface area contributed by atoms with E-state index in [1.807, 2.05) is 43.7 Å². The third kappa shape index (κ3) is 1.97. The third-order valence-electron chi connectivity index (χ3n) is 2.49. The Morgan fingerprint density at radius 2 is 2.06 bits per heavy atom. The van der Waals surface area contributed by atoms with Crippen LogP contribution >= 0.6 is 0 Å². The van der Waals surface area contributed by atoms with Crippen LogP contribution in [0, 0.1) is 13.8 Å². The maximum Gasteiger partial charge on any atom is 0.0832 e. The first kappa shape index (κ1) is 10.8. The molecule has 0 fully saturated rings. The zero-order chi connectivity index (χ0) is 11.7. The Morgan fingerprint density at radius 3 is 2.50 bits per heavy atom. The molecule has 2 N–H and O–H groups in total. The molecule has 4 nitrogen and oxygen atoms in total. The lowest BCUT2D eigenvalue weighted by Crippen LogP contribution is -2.08. The van der Waals surface area contributed by atoms with Gasteiger partial charge >= 0.3 is 0 Å². The molecule has 0 aliphatic heterocycles. The van der Waals surface area contributed by atoms with Crippen LogP contribution in [0.2, 0.25) is 0 Å². The summed E-state index contributed by atoms with van der Waals surface area (Å²) in [5.74, 6) is 0. The Bertz CT molecular complexity index is 482. The molecule has 0 aromatic carbocycles. The Morgan fingerprint density at radius 1 is 1.31 bits per heavy atom. The molecular formula is C12H16N4. The number of nitrogens with two attached hydrogens (primary N) is 1. The van der Waals surface area contributed by atoms with E-state index >= 15 is 0 Å². The number of aromatic nitrogens is 3. The van der Waals surface area contributed by atoms with Gasteiger partial charge in [0.25, 0.3) is 0 Å². The number of rotatable bonds is 2. The molecule has 0 bridgehead atoms. The normalized spacial score (nSPS) is 12.8. The highest BCUT2D eigenvalue weighted by molar-refractivity contribution is 5.32. The van der Waals surface area contributed by atoms with Gasteiger partial charge in [-0.2, -0.15) is 5.10 Å². The van der Waals surface area contributed by atoms with Gasteiger partial charge in [0.2, 0.25) is 0 Å². The molecule has 0 aliphatic carbocycles. The first-order valence-electron chi connectivity index (χ1n) is 5.33. The van der Waals surface area contributed by atoms with Crippen LogP contribution in [0.25, 0.3) is 5.69 Å². The lowest BCUT2D eigenvalue weighted by molar-refractivity contribution is 0.770. The Hall–Kier alpha value is -1.68. The van der Waals surface area contributed by atoms with Crippen LogP contribution in [0.5, 0.6) is 0 Å². The second-order valence-corrected chi connectivity index (χ2v) is 4.07. The quantitative estimate of drug-likeness (QED) is 0.834. The van der Waals surface area contributed by atoms with E-state index < -0.39 is 0 Å². The highest BCUT2D eigenvalue weighted by Crippen LogP contribution is 2.13. The van der Waals surface area contributed by atoms with Crippen molar-refractivity contribution in [1.82, 2.24) is 14.8 Å². The molecule has 2 rings (SSSR count). The molecule has 0 amide bonds. The molecule has 0 saturated heterocycles. The van der Waals surface area contributed by atoms with E-state index in [4.69, 9.17) is 5.73 Å². The van der Waals surface area contributed by atoms with E-state index in [-0.39, 0.29) is 6.04 Å². The first-order chi connectivity index (χ1) is 7.58. The number of hydrogen-bond donors (Lipinski definition) is 1. The van der Waals surface area contributed by atoms with Crippen LogP contribution in [-0.2, 0) is 0 Å². The largest absolute Gasteiger partial charge is 0.323 e. The highest BCUT2D eigenvalue weighted by atomic mass is 15.3. The van der Waals surface area contributed by atoms with E-state index in [0.29, 0.717) is 0 Å². The van der Waals surface area contributed by atoms with Crippen LogP contribution in [-0.4, -0.2) is 14.8 Å². The molecule has 16 heavy (non-hydrogen) atoms. The van der Waals surface area contributed by atoms with Crippen molar-refractivity contribution < 1.29 is 0 Å². The van der Waals surface area contributed by atoms with Crippen molar-refractivity contribution >= 4 is 0 Å². The van der Waals surface area contributed by atoms with E-state index in [1.54, 1.807) is 6.20 Å². The predicted molar refractivity (Wildman–Crippen MR) is 63.4 cm³/mol. The fourth-order valence-electron chi connectivity index (χ4n) is 1.68. The van der Waals surface area contributed by atoms with Gasteiger partial charge in [-0.15, -0.1) is 0 Å². The molecule has 2 aromatic rings. The van der Waals surface area contributed by atoms with Crippen LogP contribution in [0.4, 0.5) is 0 Å². The van der Waals surface area contributed by atoms with Crippen LogP contribution in [0.1, 0.15) is 30.0 Å². The van der Waals surface area contributed by atoms with Crippen molar-refractivity contribution in [3.05, 3.63) is 41.5 Å². The van der Waals surface area contributed by atoms with E-state index in [2.05, 4.69) is 10.1 Å². The Balaban J connectivity index is 2.38. The molecular weight excluding hydrogens is 200 g/mol. The second-order valence-electron chi connectivity index (χ2n) is 4.07. The molecule has 0 spiro atoms. The summed E-state index contributed by atoms with van der Waals surface area (Å²) in [5.41, 5.74) is 9.73. The molecule has 4 heteroatoms. The summed E-state index contributed by atoms with van der Waals surface area (Å²) in [6, 6.07) is 5.94. The molecule has 0 unspecified atom stereocenters. The van der Waals surface area contributed by atoms with Gasteiger partial charge in [0.15, 0.2) is 0 Å². The summed E-state index contributed by atoms with van der Waals surface area (Å²) in [6.45, 7) is 5.93. The topological polar surface area (TPSA) is 56.7 Å². The van der Waals surface area contributed by atoms with Gasteiger partial charge in [-0.3, -0.25) is 4.98 Å². The van der Waals surface area contributed by atoms with Gasteiger partial charge in [0.05, 0.1) is 23.3 Å². The van der Waals surface area contributed by atoms with Gasteiger partial charge in [-0.05, 0) is 39.0 Å². The van der Waals surface area contributed by atoms with Gasteiger partial charge in [0.1, 0.15) is 0 Å². The lowest BCUT2D eigenvalue weighted by Gasteiger charge is -2.07. The minimum atomic E-state index is -0.0329. The standard InChI is InChI=1S/C12H16N4/c1-8-6-9(2)16(15-8)11-4-5-12(10(3)13)14-7-11/h4-7,10H,13H2,1-3H3/t10-/m0/s1. The minimum Gasteiger partial charge on any atom is -0.323 e. The smallest absolute Gasteiger partial charge is 0.0832 e. The van der Waals surface area contributed by atoms with Gasteiger partial charge in [0, 0.05) is 11.7 Å². The summed E-state index contributed by atoms with van der Waals surface area (Å²) < 4.78 is 1.88.